The Morgan fingerprint density at radius 2 is 1.54 bits per heavy atom. The fourth-order valence-corrected chi connectivity index (χ4v) is 2.52. The van der Waals surface area contributed by atoms with E-state index in [0.717, 1.165) is 16.8 Å². The van der Waals surface area contributed by atoms with Crippen LogP contribution in [0.1, 0.15) is 21.5 Å². The van der Waals surface area contributed by atoms with Gasteiger partial charge in [-0.05, 0) is 67.9 Å². The minimum atomic E-state index is -0.515. The lowest BCUT2D eigenvalue weighted by atomic mass is 10.2. The summed E-state index contributed by atoms with van der Waals surface area (Å²) in [6.45, 7) is 3.73. The highest BCUT2D eigenvalue weighted by Gasteiger charge is 2.09. The standard InChI is InChI=1S/C23H21NO4/c1-16-6-10-19(11-7-16)24-23(26)18-8-12-20(13-9-18)28-22(25)15-27-21-5-3-4-17(2)14-21/h3-14H,15H2,1-2H3,(H,24,26). The van der Waals surface area contributed by atoms with E-state index in [4.69, 9.17) is 9.47 Å². The monoisotopic (exact) mass is 375 g/mol. The number of anilines is 1. The van der Waals surface area contributed by atoms with Crippen LogP contribution in [0.5, 0.6) is 11.5 Å². The molecule has 0 fully saturated rings. The SMILES string of the molecule is Cc1ccc(NC(=O)c2ccc(OC(=O)COc3cccc(C)c3)cc2)cc1. The van der Waals surface area contributed by atoms with Crippen LogP contribution in [0.15, 0.2) is 72.8 Å². The van der Waals surface area contributed by atoms with E-state index < -0.39 is 5.97 Å². The van der Waals surface area contributed by atoms with Crippen LogP contribution in [0.3, 0.4) is 0 Å². The van der Waals surface area contributed by atoms with Crippen molar-refractivity contribution in [3.8, 4) is 11.5 Å². The molecule has 0 aliphatic heterocycles. The van der Waals surface area contributed by atoms with E-state index >= 15 is 0 Å². The van der Waals surface area contributed by atoms with Crippen LogP contribution in [-0.2, 0) is 4.79 Å². The van der Waals surface area contributed by atoms with Gasteiger partial charge < -0.3 is 14.8 Å². The smallest absolute Gasteiger partial charge is 0.349 e. The van der Waals surface area contributed by atoms with Crippen molar-refractivity contribution in [2.75, 3.05) is 11.9 Å². The highest BCUT2D eigenvalue weighted by molar-refractivity contribution is 6.04. The molecule has 5 nitrogen and oxygen atoms in total. The third-order valence-corrected chi connectivity index (χ3v) is 4.00. The summed E-state index contributed by atoms with van der Waals surface area (Å²) >= 11 is 0. The van der Waals surface area contributed by atoms with E-state index in [1.807, 2.05) is 56.3 Å². The molecular formula is C23H21NO4. The molecule has 3 aromatic rings. The Morgan fingerprint density at radius 3 is 2.21 bits per heavy atom. The molecule has 0 heterocycles. The molecule has 0 atom stereocenters. The predicted octanol–water partition coefficient (Wildman–Crippen LogP) is 4.54. The number of carbonyl (C=O) groups is 2. The molecule has 0 spiro atoms. The normalized spacial score (nSPS) is 10.2. The molecule has 0 aromatic heterocycles. The average molecular weight is 375 g/mol. The second kappa shape index (κ2) is 8.86. The summed E-state index contributed by atoms with van der Waals surface area (Å²) in [5, 5.41) is 2.82. The van der Waals surface area contributed by atoms with Gasteiger partial charge in [0.05, 0.1) is 0 Å². The predicted molar refractivity (Wildman–Crippen MR) is 108 cm³/mol. The van der Waals surface area contributed by atoms with Crippen LogP contribution in [0.2, 0.25) is 0 Å². The molecule has 0 unspecified atom stereocenters. The minimum absolute atomic E-state index is 0.195. The second-order valence-corrected chi connectivity index (χ2v) is 6.42. The lowest BCUT2D eigenvalue weighted by Crippen LogP contribution is -2.18. The summed E-state index contributed by atoms with van der Waals surface area (Å²) in [6, 6.07) is 21.3. The van der Waals surface area contributed by atoms with Gasteiger partial charge in [0.15, 0.2) is 6.61 Å². The summed E-state index contributed by atoms with van der Waals surface area (Å²) < 4.78 is 10.7. The topological polar surface area (TPSA) is 64.6 Å². The lowest BCUT2D eigenvalue weighted by Gasteiger charge is -2.08. The maximum absolute atomic E-state index is 12.3. The van der Waals surface area contributed by atoms with Gasteiger partial charge in [-0.1, -0.05) is 29.8 Å². The Labute approximate surface area is 163 Å². The largest absolute Gasteiger partial charge is 0.482 e. The summed E-state index contributed by atoms with van der Waals surface area (Å²) in [7, 11) is 0. The Bertz CT molecular complexity index is 963. The number of benzene rings is 3. The Hall–Kier alpha value is -3.60. The van der Waals surface area contributed by atoms with Crippen LogP contribution in [0.4, 0.5) is 5.69 Å². The number of carbonyl (C=O) groups excluding carboxylic acids is 2. The third kappa shape index (κ3) is 5.45. The molecule has 0 aliphatic carbocycles. The first-order valence-corrected chi connectivity index (χ1v) is 8.88. The molecule has 0 radical (unpaired) electrons. The molecule has 1 N–H and O–H groups in total. The van der Waals surface area contributed by atoms with E-state index in [2.05, 4.69) is 5.32 Å². The second-order valence-electron chi connectivity index (χ2n) is 6.42. The Morgan fingerprint density at radius 1 is 0.821 bits per heavy atom. The van der Waals surface area contributed by atoms with Crippen LogP contribution in [0.25, 0.3) is 0 Å². The van der Waals surface area contributed by atoms with Gasteiger partial charge >= 0.3 is 5.97 Å². The maximum atomic E-state index is 12.3. The van der Waals surface area contributed by atoms with Crippen molar-refractivity contribution in [1.82, 2.24) is 0 Å². The van der Waals surface area contributed by atoms with Gasteiger partial charge in [-0.25, -0.2) is 4.79 Å². The Kier molecular flexibility index (Phi) is 6.07. The molecule has 0 saturated carbocycles. The fourth-order valence-electron chi connectivity index (χ4n) is 2.52. The van der Waals surface area contributed by atoms with E-state index in [1.165, 1.54) is 0 Å². The highest BCUT2D eigenvalue weighted by atomic mass is 16.6. The van der Waals surface area contributed by atoms with Gasteiger partial charge in [0, 0.05) is 11.3 Å². The fraction of sp³-hybridized carbons (Fsp3) is 0.130. The van der Waals surface area contributed by atoms with Crippen LogP contribution >= 0.6 is 0 Å². The van der Waals surface area contributed by atoms with Gasteiger partial charge in [0.1, 0.15) is 11.5 Å². The van der Waals surface area contributed by atoms with Gasteiger partial charge in [0.2, 0.25) is 0 Å². The van der Waals surface area contributed by atoms with Crippen molar-refractivity contribution >= 4 is 17.6 Å². The van der Waals surface area contributed by atoms with Crippen molar-refractivity contribution < 1.29 is 19.1 Å². The maximum Gasteiger partial charge on any atom is 0.349 e. The van der Waals surface area contributed by atoms with Gasteiger partial charge in [-0.15, -0.1) is 0 Å². The van der Waals surface area contributed by atoms with Crippen LogP contribution in [0, 0.1) is 13.8 Å². The first-order chi connectivity index (χ1) is 13.5. The number of esters is 1. The zero-order valence-corrected chi connectivity index (χ0v) is 15.8. The van der Waals surface area contributed by atoms with E-state index in [1.54, 1.807) is 30.3 Å². The third-order valence-electron chi connectivity index (χ3n) is 4.00. The number of amides is 1. The van der Waals surface area contributed by atoms with E-state index in [-0.39, 0.29) is 12.5 Å². The number of ether oxygens (including phenoxy) is 2. The van der Waals surface area contributed by atoms with Gasteiger partial charge in [-0.2, -0.15) is 0 Å². The van der Waals surface area contributed by atoms with Crippen molar-refractivity contribution in [3.05, 3.63) is 89.5 Å². The first-order valence-electron chi connectivity index (χ1n) is 8.88. The minimum Gasteiger partial charge on any atom is -0.482 e. The molecular weight excluding hydrogens is 354 g/mol. The summed E-state index contributed by atoms with van der Waals surface area (Å²) in [4.78, 5) is 24.2. The number of rotatable bonds is 6. The lowest BCUT2D eigenvalue weighted by molar-refractivity contribution is -0.136. The summed E-state index contributed by atoms with van der Waals surface area (Å²) in [5.74, 6) is 0.215. The van der Waals surface area contributed by atoms with Crippen molar-refractivity contribution in [2.45, 2.75) is 13.8 Å². The van der Waals surface area contributed by atoms with Crippen LogP contribution in [-0.4, -0.2) is 18.5 Å². The molecule has 0 bridgehead atoms. The molecule has 0 aliphatic rings. The quantitative estimate of drug-likeness (QED) is 0.507. The van der Waals surface area contributed by atoms with Gasteiger partial charge in [-0.3, -0.25) is 4.79 Å². The highest BCUT2D eigenvalue weighted by Crippen LogP contribution is 2.16. The van der Waals surface area contributed by atoms with Crippen LogP contribution < -0.4 is 14.8 Å². The van der Waals surface area contributed by atoms with Crippen molar-refractivity contribution in [3.63, 3.8) is 0 Å². The van der Waals surface area contributed by atoms with Crippen molar-refractivity contribution in [1.29, 1.82) is 0 Å². The molecule has 5 heteroatoms. The molecule has 0 saturated heterocycles. The zero-order chi connectivity index (χ0) is 19.9. The number of nitrogens with one attached hydrogen (secondary N) is 1. The molecule has 3 aromatic carbocycles. The molecule has 3 rings (SSSR count). The molecule has 142 valence electrons. The number of aryl methyl sites for hydroxylation is 2. The molecule has 28 heavy (non-hydrogen) atoms. The first kappa shape index (κ1) is 19.2. The van der Waals surface area contributed by atoms with E-state index in [0.29, 0.717) is 17.1 Å². The average Bonchev–Trinajstić information content (AvgIpc) is 2.69. The Balaban J connectivity index is 1.52. The summed E-state index contributed by atoms with van der Waals surface area (Å²) in [6.07, 6.45) is 0. The van der Waals surface area contributed by atoms with E-state index in [9.17, 15) is 9.59 Å². The number of hydrogen-bond acceptors (Lipinski definition) is 4. The summed E-state index contributed by atoms with van der Waals surface area (Å²) in [5.41, 5.74) is 3.36. The number of hydrogen-bond donors (Lipinski definition) is 1. The zero-order valence-electron chi connectivity index (χ0n) is 15.8. The molecule has 1 amide bonds. The van der Waals surface area contributed by atoms with Gasteiger partial charge in [0.25, 0.3) is 5.91 Å². The van der Waals surface area contributed by atoms with Crippen molar-refractivity contribution in [2.24, 2.45) is 0 Å².